The van der Waals surface area contributed by atoms with Crippen molar-refractivity contribution in [1.82, 2.24) is 10.2 Å². The maximum atomic E-state index is 13.4. The van der Waals surface area contributed by atoms with E-state index in [2.05, 4.69) is 5.32 Å². The minimum absolute atomic E-state index is 0.0859. The molecular formula is C24H30Cl2N2O6S. The molecule has 11 heteroatoms. The standard InChI is InChI=1S/C24H30Cl2N2O6S/c1-14-18(22(29)33-10-11-34-23(30)24(2,3)4)19(15-7-6-8-16(25)20(15)26)21-17(27-14)13-28(5)9-12-35(21,31)32/h6-8,19,27H,9-13H2,1-5H3. The number of nitrogens with zero attached hydrogens (tertiary/aromatic N) is 1. The molecule has 192 valence electrons. The number of ether oxygens (including phenoxy) is 2. The Morgan fingerprint density at radius 1 is 1.17 bits per heavy atom. The van der Waals surface area contributed by atoms with Crippen molar-refractivity contribution < 1.29 is 27.5 Å². The predicted molar refractivity (Wildman–Crippen MR) is 135 cm³/mol. The Bertz CT molecular complexity index is 1200. The summed E-state index contributed by atoms with van der Waals surface area (Å²) in [6.45, 7) is 7.23. The van der Waals surface area contributed by atoms with Gasteiger partial charge in [0.05, 0.1) is 37.6 Å². The summed E-state index contributed by atoms with van der Waals surface area (Å²) in [6.07, 6.45) is 0. The average Bonchev–Trinajstić information content (AvgIpc) is 2.86. The summed E-state index contributed by atoms with van der Waals surface area (Å²) in [6, 6.07) is 4.91. The first kappa shape index (κ1) is 27.5. The molecule has 2 heterocycles. The number of rotatable bonds is 5. The Hall–Kier alpha value is -2.07. The number of esters is 2. The molecule has 0 radical (unpaired) electrons. The lowest BCUT2D eigenvalue weighted by Gasteiger charge is -2.32. The van der Waals surface area contributed by atoms with Gasteiger partial charge in [-0.05, 0) is 46.4 Å². The monoisotopic (exact) mass is 544 g/mol. The molecular weight excluding hydrogens is 515 g/mol. The Balaban J connectivity index is 2.00. The second-order valence-corrected chi connectivity index (χ2v) is 12.5. The summed E-state index contributed by atoms with van der Waals surface area (Å²) in [5, 5.41) is 3.52. The van der Waals surface area contributed by atoms with Crippen molar-refractivity contribution in [3.63, 3.8) is 0 Å². The zero-order valence-electron chi connectivity index (χ0n) is 20.4. The SMILES string of the molecule is CC1=C(C(=O)OCCOC(=O)C(C)(C)C)C(c2cccc(Cl)c2Cl)C2=C(CN(C)CCS2(=O)=O)N1. The molecule has 0 aliphatic carbocycles. The molecule has 8 nitrogen and oxygen atoms in total. The topological polar surface area (TPSA) is 102 Å². The molecule has 1 aromatic rings. The van der Waals surface area contributed by atoms with E-state index in [1.54, 1.807) is 45.9 Å². The molecule has 0 bridgehead atoms. The van der Waals surface area contributed by atoms with E-state index in [4.69, 9.17) is 32.7 Å². The van der Waals surface area contributed by atoms with Gasteiger partial charge >= 0.3 is 11.9 Å². The molecule has 0 amide bonds. The zero-order chi connectivity index (χ0) is 26.1. The van der Waals surface area contributed by atoms with Crippen molar-refractivity contribution in [2.75, 3.05) is 39.1 Å². The fourth-order valence-corrected chi connectivity index (χ4v) is 6.25. The quantitative estimate of drug-likeness (QED) is 0.442. The van der Waals surface area contributed by atoms with E-state index < -0.39 is 33.1 Å². The number of benzene rings is 1. The second kappa shape index (κ2) is 10.5. The van der Waals surface area contributed by atoms with Crippen molar-refractivity contribution in [1.29, 1.82) is 0 Å². The summed E-state index contributed by atoms with van der Waals surface area (Å²) in [5.74, 6) is -2.26. The van der Waals surface area contributed by atoms with Crippen LogP contribution in [0.1, 0.15) is 39.2 Å². The summed E-state index contributed by atoms with van der Waals surface area (Å²) in [5.41, 5.74) is 0.760. The molecule has 0 fully saturated rings. The third-order valence-corrected chi connectivity index (χ3v) is 8.48. The van der Waals surface area contributed by atoms with Crippen LogP contribution in [0.15, 0.2) is 40.1 Å². The summed E-state index contributed by atoms with van der Waals surface area (Å²) < 4.78 is 37.5. The third-order valence-electron chi connectivity index (χ3n) is 5.77. The number of sulfone groups is 1. The minimum Gasteiger partial charge on any atom is -0.462 e. The predicted octanol–water partition coefficient (Wildman–Crippen LogP) is 3.66. The van der Waals surface area contributed by atoms with Crippen molar-refractivity contribution in [2.24, 2.45) is 5.41 Å². The maximum absolute atomic E-state index is 13.4. The van der Waals surface area contributed by atoms with Crippen molar-refractivity contribution in [2.45, 2.75) is 33.6 Å². The molecule has 0 spiro atoms. The number of carbonyl (C=O) groups is 2. The number of nitrogens with one attached hydrogen (secondary N) is 1. The third kappa shape index (κ3) is 6.02. The van der Waals surface area contributed by atoms with E-state index in [1.807, 2.05) is 11.9 Å². The van der Waals surface area contributed by atoms with E-state index in [0.717, 1.165) is 0 Å². The van der Waals surface area contributed by atoms with Crippen molar-refractivity contribution in [3.05, 3.63) is 55.7 Å². The van der Waals surface area contributed by atoms with Gasteiger partial charge < -0.3 is 14.8 Å². The van der Waals surface area contributed by atoms with Crippen LogP contribution in [0.4, 0.5) is 0 Å². The molecule has 0 saturated carbocycles. The van der Waals surface area contributed by atoms with Gasteiger partial charge in [0.25, 0.3) is 0 Å². The van der Waals surface area contributed by atoms with Crippen molar-refractivity contribution in [3.8, 4) is 0 Å². The van der Waals surface area contributed by atoms with Crippen molar-refractivity contribution >= 4 is 45.0 Å². The van der Waals surface area contributed by atoms with Crippen LogP contribution < -0.4 is 5.32 Å². The smallest absolute Gasteiger partial charge is 0.336 e. The lowest BCUT2D eigenvalue weighted by molar-refractivity contribution is -0.157. The van der Waals surface area contributed by atoms with Gasteiger partial charge in [-0.1, -0.05) is 35.3 Å². The lowest BCUT2D eigenvalue weighted by Crippen LogP contribution is -2.35. The second-order valence-electron chi connectivity index (χ2n) is 9.66. The highest BCUT2D eigenvalue weighted by Crippen LogP contribution is 2.45. The van der Waals surface area contributed by atoms with E-state index in [1.165, 1.54) is 0 Å². The summed E-state index contributed by atoms with van der Waals surface area (Å²) in [7, 11) is -1.93. The molecule has 0 aromatic heterocycles. The normalized spacial score (nSPS) is 20.6. The van der Waals surface area contributed by atoms with Crippen LogP contribution in [0.25, 0.3) is 0 Å². The molecule has 2 aliphatic heterocycles. The molecule has 0 saturated heterocycles. The van der Waals surface area contributed by atoms with E-state index >= 15 is 0 Å². The molecule has 1 N–H and O–H groups in total. The van der Waals surface area contributed by atoms with Crippen LogP contribution in [0.2, 0.25) is 10.0 Å². The molecule has 35 heavy (non-hydrogen) atoms. The first-order valence-electron chi connectivity index (χ1n) is 11.1. The Morgan fingerprint density at radius 3 is 2.49 bits per heavy atom. The summed E-state index contributed by atoms with van der Waals surface area (Å²) >= 11 is 12.8. The molecule has 1 unspecified atom stereocenters. The van der Waals surface area contributed by atoms with Crippen LogP contribution in [0.3, 0.4) is 0 Å². The first-order valence-corrected chi connectivity index (χ1v) is 13.5. The first-order chi connectivity index (χ1) is 16.2. The number of carbonyl (C=O) groups excluding carboxylic acids is 2. The fourth-order valence-electron chi connectivity index (χ4n) is 3.97. The zero-order valence-corrected chi connectivity index (χ0v) is 22.7. The maximum Gasteiger partial charge on any atom is 0.336 e. The van der Waals surface area contributed by atoms with Crippen LogP contribution in [0, 0.1) is 5.41 Å². The van der Waals surface area contributed by atoms with E-state index in [0.29, 0.717) is 30.0 Å². The number of likely N-dealkylation sites (N-methyl/N-ethyl adjacent to an activating group) is 1. The average molecular weight is 545 g/mol. The molecule has 2 aliphatic rings. The van der Waals surface area contributed by atoms with Gasteiger partial charge in [-0.3, -0.25) is 9.69 Å². The lowest BCUT2D eigenvalue weighted by atomic mass is 9.86. The number of allylic oxidation sites excluding steroid dienone is 2. The van der Waals surface area contributed by atoms with Gasteiger partial charge in [0.1, 0.15) is 13.2 Å². The number of halogens is 2. The van der Waals surface area contributed by atoms with Crippen LogP contribution in [0.5, 0.6) is 0 Å². The Morgan fingerprint density at radius 2 is 1.83 bits per heavy atom. The van der Waals surface area contributed by atoms with Gasteiger partial charge in [-0.15, -0.1) is 0 Å². The van der Waals surface area contributed by atoms with Gasteiger partial charge in [0.2, 0.25) is 0 Å². The van der Waals surface area contributed by atoms with E-state index in [9.17, 15) is 18.0 Å². The highest BCUT2D eigenvalue weighted by molar-refractivity contribution is 7.95. The number of hydrogen-bond donors (Lipinski definition) is 1. The number of hydrogen-bond acceptors (Lipinski definition) is 8. The minimum atomic E-state index is -3.76. The Kier molecular flexibility index (Phi) is 8.26. The molecule has 1 aromatic carbocycles. The van der Waals surface area contributed by atoms with Gasteiger partial charge in [-0.25, -0.2) is 13.2 Å². The molecule has 1 atom stereocenters. The van der Waals surface area contributed by atoms with E-state index in [-0.39, 0.29) is 39.5 Å². The highest BCUT2D eigenvalue weighted by atomic mass is 35.5. The van der Waals surface area contributed by atoms with Crippen LogP contribution in [-0.2, 0) is 28.9 Å². The van der Waals surface area contributed by atoms with Gasteiger partial charge in [0, 0.05) is 24.5 Å². The molecule has 3 rings (SSSR count). The number of dihydropyridines is 1. The van der Waals surface area contributed by atoms with Gasteiger partial charge in [-0.2, -0.15) is 0 Å². The van der Waals surface area contributed by atoms with Crippen LogP contribution in [-0.4, -0.2) is 64.4 Å². The highest BCUT2D eigenvalue weighted by Gasteiger charge is 2.43. The van der Waals surface area contributed by atoms with Gasteiger partial charge in [0.15, 0.2) is 9.84 Å². The largest absolute Gasteiger partial charge is 0.462 e. The van der Waals surface area contributed by atoms with Crippen LogP contribution >= 0.6 is 23.2 Å². The summed E-state index contributed by atoms with van der Waals surface area (Å²) in [4.78, 5) is 27.3. The fraction of sp³-hybridized carbons (Fsp3) is 0.500. The Labute approximate surface area is 216 Å².